The number of hydrogen-bond donors (Lipinski definition) is 1. The standard InChI is InChI=1S/C20H22ClN3O3/c1-14(27-18-6-4-16(21)5-7-18)19(25)23-17-8-11-24(12-9-17)20(26)15-3-2-10-22-13-15/h2-7,10,13-14,17H,8-9,11-12H2,1H3,(H,23,25). The summed E-state index contributed by atoms with van der Waals surface area (Å²) in [5, 5.41) is 3.63. The quantitative estimate of drug-likeness (QED) is 0.856. The third-order valence-corrected chi connectivity index (χ3v) is 4.78. The Morgan fingerprint density at radius 1 is 1.22 bits per heavy atom. The average molecular weight is 388 g/mol. The Morgan fingerprint density at radius 2 is 1.93 bits per heavy atom. The van der Waals surface area contributed by atoms with Crippen molar-refractivity contribution in [2.75, 3.05) is 13.1 Å². The Kier molecular flexibility index (Phi) is 6.29. The van der Waals surface area contributed by atoms with Crippen molar-refractivity contribution >= 4 is 23.4 Å². The maximum absolute atomic E-state index is 12.4. The average Bonchev–Trinajstić information content (AvgIpc) is 2.70. The first-order valence-corrected chi connectivity index (χ1v) is 9.32. The van der Waals surface area contributed by atoms with Gasteiger partial charge in [-0.3, -0.25) is 14.6 Å². The molecule has 2 aromatic rings. The first-order valence-electron chi connectivity index (χ1n) is 8.95. The molecule has 1 aliphatic rings. The van der Waals surface area contributed by atoms with E-state index in [9.17, 15) is 9.59 Å². The molecule has 1 N–H and O–H groups in total. The van der Waals surface area contributed by atoms with Crippen LogP contribution in [-0.4, -0.2) is 46.9 Å². The van der Waals surface area contributed by atoms with Crippen molar-refractivity contribution in [3.63, 3.8) is 0 Å². The molecule has 0 radical (unpaired) electrons. The lowest BCUT2D eigenvalue weighted by Crippen LogP contribution is -2.49. The van der Waals surface area contributed by atoms with Crippen LogP contribution in [0.5, 0.6) is 5.75 Å². The molecular formula is C20H22ClN3O3. The Morgan fingerprint density at radius 3 is 2.56 bits per heavy atom. The number of likely N-dealkylation sites (tertiary alicyclic amines) is 1. The van der Waals surface area contributed by atoms with Crippen LogP contribution in [0.25, 0.3) is 0 Å². The minimum Gasteiger partial charge on any atom is -0.481 e. The van der Waals surface area contributed by atoms with Gasteiger partial charge in [0.25, 0.3) is 11.8 Å². The summed E-state index contributed by atoms with van der Waals surface area (Å²) in [6, 6.07) is 10.4. The van der Waals surface area contributed by atoms with E-state index in [2.05, 4.69) is 10.3 Å². The van der Waals surface area contributed by atoms with Crippen LogP contribution < -0.4 is 10.1 Å². The monoisotopic (exact) mass is 387 g/mol. The third-order valence-electron chi connectivity index (χ3n) is 4.53. The maximum Gasteiger partial charge on any atom is 0.260 e. The zero-order valence-corrected chi connectivity index (χ0v) is 15.9. The van der Waals surface area contributed by atoms with Crippen molar-refractivity contribution in [2.45, 2.75) is 31.9 Å². The van der Waals surface area contributed by atoms with Crippen molar-refractivity contribution < 1.29 is 14.3 Å². The second-order valence-electron chi connectivity index (χ2n) is 6.53. The van der Waals surface area contributed by atoms with Crippen molar-refractivity contribution in [1.29, 1.82) is 0 Å². The number of piperidine rings is 1. The third kappa shape index (κ3) is 5.20. The van der Waals surface area contributed by atoms with Crippen LogP contribution in [0.4, 0.5) is 0 Å². The fourth-order valence-electron chi connectivity index (χ4n) is 2.99. The molecule has 0 aliphatic carbocycles. The van der Waals surface area contributed by atoms with Crippen LogP contribution in [-0.2, 0) is 4.79 Å². The number of amides is 2. The molecule has 1 aliphatic heterocycles. The number of carbonyl (C=O) groups excluding carboxylic acids is 2. The van der Waals surface area contributed by atoms with Crippen LogP contribution in [0.3, 0.4) is 0 Å². The van der Waals surface area contributed by atoms with E-state index in [0.29, 0.717) is 42.3 Å². The fraction of sp³-hybridized carbons (Fsp3) is 0.350. The molecule has 0 spiro atoms. The summed E-state index contributed by atoms with van der Waals surface area (Å²) in [4.78, 5) is 30.6. The summed E-state index contributed by atoms with van der Waals surface area (Å²) in [5.41, 5.74) is 0.588. The number of rotatable bonds is 5. The van der Waals surface area contributed by atoms with E-state index >= 15 is 0 Å². The SMILES string of the molecule is CC(Oc1ccc(Cl)cc1)C(=O)NC1CCN(C(=O)c2cccnc2)CC1. The molecule has 1 unspecified atom stereocenters. The normalized spacial score (nSPS) is 15.9. The number of nitrogens with one attached hydrogen (secondary N) is 1. The molecule has 7 heteroatoms. The number of hydrogen-bond acceptors (Lipinski definition) is 4. The van der Waals surface area contributed by atoms with E-state index in [1.54, 1.807) is 60.6 Å². The number of pyridine rings is 1. The van der Waals surface area contributed by atoms with Gasteiger partial charge in [0.2, 0.25) is 0 Å². The van der Waals surface area contributed by atoms with Crippen LogP contribution in [0.1, 0.15) is 30.1 Å². The molecule has 1 saturated heterocycles. The lowest BCUT2D eigenvalue weighted by Gasteiger charge is -2.32. The van der Waals surface area contributed by atoms with Crippen LogP contribution in [0, 0.1) is 0 Å². The molecular weight excluding hydrogens is 366 g/mol. The number of ether oxygens (including phenoxy) is 1. The highest BCUT2D eigenvalue weighted by molar-refractivity contribution is 6.30. The van der Waals surface area contributed by atoms with Crippen LogP contribution in [0.2, 0.25) is 5.02 Å². The lowest BCUT2D eigenvalue weighted by molar-refractivity contribution is -0.128. The first-order chi connectivity index (χ1) is 13.0. The van der Waals surface area contributed by atoms with Gasteiger partial charge in [-0.1, -0.05) is 11.6 Å². The topological polar surface area (TPSA) is 71.5 Å². The molecule has 2 heterocycles. The molecule has 1 aromatic heterocycles. The molecule has 3 rings (SSSR count). The number of halogens is 1. The van der Waals surface area contributed by atoms with E-state index in [-0.39, 0.29) is 17.9 Å². The molecule has 0 saturated carbocycles. The lowest BCUT2D eigenvalue weighted by atomic mass is 10.0. The molecule has 1 fully saturated rings. The van der Waals surface area contributed by atoms with Crippen molar-refractivity contribution in [1.82, 2.24) is 15.2 Å². The van der Waals surface area contributed by atoms with Gasteiger partial charge in [-0.15, -0.1) is 0 Å². The Balaban J connectivity index is 1.46. The second-order valence-corrected chi connectivity index (χ2v) is 6.97. The summed E-state index contributed by atoms with van der Waals surface area (Å²) in [5.74, 6) is 0.410. The van der Waals surface area contributed by atoms with Gasteiger partial charge in [-0.2, -0.15) is 0 Å². The number of nitrogens with zero attached hydrogens (tertiary/aromatic N) is 2. The zero-order chi connectivity index (χ0) is 19.2. The summed E-state index contributed by atoms with van der Waals surface area (Å²) in [6.07, 6.45) is 4.04. The fourth-order valence-corrected chi connectivity index (χ4v) is 3.11. The maximum atomic E-state index is 12.4. The smallest absolute Gasteiger partial charge is 0.260 e. The molecule has 1 aromatic carbocycles. The number of carbonyl (C=O) groups is 2. The second kappa shape index (κ2) is 8.86. The van der Waals surface area contributed by atoms with E-state index in [1.807, 2.05) is 0 Å². The highest BCUT2D eigenvalue weighted by Crippen LogP contribution is 2.18. The Bertz CT molecular complexity index is 775. The number of benzene rings is 1. The van der Waals surface area contributed by atoms with Gasteiger partial charge in [0.05, 0.1) is 5.56 Å². The van der Waals surface area contributed by atoms with Crippen molar-refractivity contribution in [3.05, 3.63) is 59.4 Å². The predicted octanol–water partition coefficient (Wildman–Crippen LogP) is 2.92. The molecule has 142 valence electrons. The summed E-state index contributed by atoms with van der Waals surface area (Å²) >= 11 is 5.85. The Labute approximate surface area is 163 Å². The molecule has 0 bridgehead atoms. The van der Waals surface area contributed by atoms with Gasteiger partial charge in [0, 0.05) is 36.5 Å². The van der Waals surface area contributed by atoms with Crippen molar-refractivity contribution in [2.24, 2.45) is 0 Å². The highest BCUT2D eigenvalue weighted by atomic mass is 35.5. The van der Waals surface area contributed by atoms with Gasteiger partial charge in [0.15, 0.2) is 6.10 Å². The summed E-state index contributed by atoms with van der Waals surface area (Å²) in [7, 11) is 0. The molecule has 27 heavy (non-hydrogen) atoms. The highest BCUT2D eigenvalue weighted by Gasteiger charge is 2.26. The van der Waals surface area contributed by atoms with E-state index < -0.39 is 6.10 Å². The molecule has 2 amide bonds. The van der Waals surface area contributed by atoms with Gasteiger partial charge in [-0.25, -0.2) is 0 Å². The predicted molar refractivity (Wildman–Crippen MR) is 103 cm³/mol. The van der Waals surface area contributed by atoms with Gasteiger partial charge < -0.3 is 15.0 Å². The minimum atomic E-state index is -0.610. The molecule has 6 nitrogen and oxygen atoms in total. The van der Waals surface area contributed by atoms with Gasteiger partial charge >= 0.3 is 0 Å². The van der Waals surface area contributed by atoms with Crippen LogP contribution in [0.15, 0.2) is 48.8 Å². The van der Waals surface area contributed by atoms with E-state index in [1.165, 1.54) is 0 Å². The van der Waals surface area contributed by atoms with Gasteiger partial charge in [-0.05, 0) is 56.2 Å². The first kappa shape index (κ1) is 19.2. The van der Waals surface area contributed by atoms with Crippen LogP contribution >= 0.6 is 11.6 Å². The Hall–Kier alpha value is -2.60. The minimum absolute atomic E-state index is 0.0210. The molecule has 1 atom stereocenters. The van der Waals surface area contributed by atoms with E-state index in [0.717, 1.165) is 0 Å². The van der Waals surface area contributed by atoms with Crippen molar-refractivity contribution in [3.8, 4) is 5.75 Å². The summed E-state index contributed by atoms with van der Waals surface area (Å²) in [6.45, 7) is 2.92. The van der Waals surface area contributed by atoms with E-state index in [4.69, 9.17) is 16.3 Å². The summed E-state index contributed by atoms with van der Waals surface area (Å²) < 4.78 is 5.65. The zero-order valence-electron chi connectivity index (χ0n) is 15.1. The number of aromatic nitrogens is 1. The van der Waals surface area contributed by atoms with Gasteiger partial charge in [0.1, 0.15) is 5.75 Å². The largest absolute Gasteiger partial charge is 0.481 e.